The van der Waals surface area contributed by atoms with E-state index in [9.17, 15) is 23.2 Å². The lowest BCUT2D eigenvalue weighted by Crippen LogP contribution is -2.43. The predicted octanol–water partition coefficient (Wildman–Crippen LogP) is 2.95. The number of hydrogen-bond donors (Lipinski definition) is 2. The number of nitrogens with one attached hydrogen (secondary N) is 2. The first-order valence-electron chi connectivity index (χ1n) is 9.26. The molecule has 3 rings (SSSR count). The number of hydrogen-bond acceptors (Lipinski definition) is 4. The van der Waals surface area contributed by atoms with E-state index in [1.165, 1.54) is 13.0 Å². The minimum absolute atomic E-state index is 0.0946. The van der Waals surface area contributed by atoms with Gasteiger partial charge in [-0.2, -0.15) is 0 Å². The van der Waals surface area contributed by atoms with Crippen molar-refractivity contribution in [3.05, 3.63) is 65.2 Å². The highest BCUT2D eigenvalue weighted by atomic mass is 32.2. The average Bonchev–Trinajstić information content (AvgIpc) is 2.92. The summed E-state index contributed by atoms with van der Waals surface area (Å²) < 4.78 is 26.8. The van der Waals surface area contributed by atoms with Gasteiger partial charge in [0.15, 0.2) is 11.6 Å². The Balaban J connectivity index is 1.55. The van der Waals surface area contributed by atoms with Crippen molar-refractivity contribution in [2.75, 3.05) is 18.8 Å². The molecular weight excluding hydrogens is 412 g/mol. The molecule has 4 amide bonds. The fourth-order valence-corrected chi connectivity index (χ4v) is 3.81. The number of nitrogens with zero attached hydrogens (tertiary/aromatic N) is 1. The molecule has 1 heterocycles. The van der Waals surface area contributed by atoms with E-state index in [0.29, 0.717) is 12.3 Å². The molecule has 0 aromatic heterocycles. The monoisotopic (exact) mass is 433 g/mol. The summed E-state index contributed by atoms with van der Waals surface area (Å²) in [5.41, 5.74) is -0.318. The first-order valence-corrected chi connectivity index (χ1v) is 10.2. The number of aryl methyl sites for hydroxylation is 1. The third-order valence-electron chi connectivity index (χ3n) is 4.79. The third kappa shape index (κ3) is 4.62. The number of thioether (sulfide) groups is 1. The molecule has 30 heavy (non-hydrogen) atoms. The Bertz CT molecular complexity index is 984. The summed E-state index contributed by atoms with van der Waals surface area (Å²) in [5, 5.41) is 5.13. The van der Waals surface area contributed by atoms with Crippen LogP contribution in [0.5, 0.6) is 0 Å². The molecule has 1 aliphatic rings. The molecule has 9 heteroatoms. The van der Waals surface area contributed by atoms with Gasteiger partial charge in [0, 0.05) is 17.2 Å². The highest BCUT2D eigenvalue weighted by Crippen LogP contribution is 2.29. The highest BCUT2D eigenvalue weighted by Gasteiger charge is 2.49. The lowest BCUT2D eigenvalue weighted by atomic mass is 9.92. The third-order valence-corrected chi connectivity index (χ3v) is 5.80. The predicted molar refractivity (Wildman–Crippen MR) is 109 cm³/mol. The van der Waals surface area contributed by atoms with Gasteiger partial charge in [0.25, 0.3) is 5.91 Å². The topological polar surface area (TPSA) is 78.5 Å². The van der Waals surface area contributed by atoms with Crippen LogP contribution in [0.3, 0.4) is 0 Å². The first-order chi connectivity index (χ1) is 14.2. The fourth-order valence-electron chi connectivity index (χ4n) is 3.04. The number of carbonyl (C=O) groups is 3. The molecule has 2 aromatic rings. The summed E-state index contributed by atoms with van der Waals surface area (Å²) in [4.78, 5) is 39.0. The van der Waals surface area contributed by atoms with Crippen molar-refractivity contribution in [1.82, 2.24) is 15.5 Å². The van der Waals surface area contributed by atoms with Crippen molar-refractivity contribution in [3.63, 3.8) is 0 Å². The van der Waals surface area contributed by atoms with Gasteiger partial charge in [0.2, 0.25) is 5.91 Å². The second kappa shape index (κ2) is 8.83. The molecule has 2 N–H and O–H groups in total. The molecule has 0 unspecified atom stereocenters. The maximum atomic E-state index is 13.6. The normalized spacial score (nSPS) is 18.5. The van der Waals surface area contributed by atoms with Crippen molar-refractivity contribution >= 4 is 29.6 Å². The molecule has 2 aromatic carbocycles. The van der Waals surface area contributed by atoms with Gasteiger partial charge in [-0.3, -0.25) is 14.5 Å². The van der Waals surface area contributed by atoms with Crippen molar-refractivity contribution < 1.29 is 23.2 Å². The quantitative estimate of drug-likeness (QED) is 0.400. The zero-order valence-corrected chi connectivity index (χ0v) is 17.3. The molecule has 1 fully saturated rings. The van der Waals surface area contributed by atoms with E-state index in [2.05, 4.69) is 10.6 Å². The van der Waals surface area contributed by atoms with Crippen LogP contribution in [0.15, 0.2) is 47.4 Å². The van der Waals surface area contributed by atoms with Gasteiger partial charge in [-0.25, -0.2) is 13.6 Å². The molecule has 0 radical (unpaired) electrons. The molecule has 0 aliphatic carbocycles. The van der Waals surface area contributed by atoms with E-state index in [1.807, 2.05) is 31.2 Å². The van der Waals surface area contributed by atoms with Gasteiger partial charge in [-0.1, -0.05) is 23.8 Å². The van der Waals surface area contributed by atoms with Crippen LogP contribution >= 0.6 is 11.8 Å². The Kier molecular flexibility index (Phi) is 6.40. The van der Waals surface area contributed by atoms with Gasteiger partial charge < -0.3 is 10.6 Å². The Hall–Kier alpha value is -2.94. The summed E-state index contributed by atoms with van der Waals surface area (Å²) in [6.07, 6.45) is 0. The van der Waals surface area contributed by atoms with Crippen molar-refractivity contribution in [2.24, 2.45) is 0 Å². The van der Waals surface area contributed by atoms with Crippen LogP contribution < -0.4 is 10.6 Å². The van der Waals surface area contributed by atoms with E-state index >= 15 is 0 Å². The van der Waals surface area contributed by atoms with Gasteiger partial charge in [0.05, 0.1) is 0 Å². The van der Waals surface area contributed by atoms with Crippen LogP contribution in [0.25, 0.3) is 0 Å². The highest BCUT2D eigenvalue weighted by molar-refractivity contribution is 7.99. The van der Waals surface area contributed by atoms with E-state index < -0.39 is 41.6 Å². The first kappa shape index (κ1) is 21.8. The van der Waals surface area contributed by atoms with Crippen LogP contribution in [0.1, 0.15) is 18.1 Å². The zero-order chi connectivity index (χ0) is 21.9. The molecule has 6 nitrogen and oxygen atoms in total. The van der Waals surface area contributed by atoms with Gasteiger partial charge in [-0.15, -0.1) is 11.8 Å². The number of carbonyl (C=O) groups excluding carboxylic acids is 3. The number of amides is 4. The SMILES string of the molecule is Cc1ccc(SCCNC(=O)CN2C(=O)N[C@@](C)(c3ccc(F)c(F)c3)C2=O)cc1. The minimum Gasteiger partial charge on any atom is -0.354 e. The lowest BCUT2D eigenvalue weighted by molar-refractivity contribution is -0.134. The van der Waals surface area contributed by atoms with E-state index in [-0.39, 0.29) is 5.56 Å². The second-order valence-corrected chi connectivity index (χ2v) is 8.26. The fraction of sp³-hybridized carbons (Fsp3) is 0.286. The largest absolute Gasteiger partial charge is 0.354 e. The van der Waals surface area contributed by atoms with Crippen LogP contribution in [0.2, 0.25) is 0 Å². The van der Waals surface area contributed by atoms with Gasteiger partial charge >= 0.3 is 6.03 Å². The van der Waals surface area contributed by atoms with Crippen molar-refractivity contribution in [1.29, 1.82) is 0 Å². The van der Waals surface area contributed by atoms with E-state index in [1.54, 1.807) is 11.8 Å². The molecule has 158 valence electrons. The number of imide groups is 1. The Morgan fingerprint density at radius 2 is 1.83 bits per heavy atom. The number of urea groups is 1. The van der Waals surface area contributed by atoms with Crippen LogP contribution in [-0.2, 0) is 15.1 Å². The van der Waals surface area contributed by atoms with Crippen LogP contribution in [0, 0.1) is 18.6 Å². The maximum Gasteiger partial charge on any atom is 0.325 e. The number of rotatable bonds is 7. The van der Waals surface area contributed by atoms with Gasteiger partial charge in [0.1, 0.15) is 12.1 Å². The standard InChI is InChI=1S/C21H21F2N3O3S/c1-13-3-6-15(7-4-13)30-10-9-24-18(27)12-26-19(28)21(2,25-20(26)29)14-5-8-16(22)17(23)11-14/h3-8,11H,9-10,12H2,1-2H3,(H,24,27)(H,25,29)/t21-/m0/s1. The average molecular weight is 433 g/mol. The second-order valence-electron chi connectivity index (χ2n) is 7.09. The Labute approximate surface area is 177 Å². The summed E-state index contributed by atoms with van der Waals surface area (Å²) in [7, 11) is 0. The summed E-state index contributed by atoms with van der Waals surface area (Å²) in [6, 6.07) is 10.2. The van der Waals surface area contributed by atoms with Crippen molar-refractivity contribution in [3.8, 4) is 0 Å². The summed E-state index contributed by atoms with van der Waals surface area (Å²) >= 11 is 1.57. The minimum atomic E-state index is -1.58. The summed E-state index contributed by atoms with van der Waals surface area (Å²) in [6.45, 7) is 3.29. The Morgan fingerprint density at radius 1 is 1.13 bits per heavy atom. The molecule has 1 saturated heterocycles. The Morgan fingerprint density at radius 3 is 2.50 bits per heavy atom. The van der Waals surface area contributed by atoms with E-state index in [0.717, 1.165) is 27.5 Å². The molecular formula is C21H21F2N3O3S. The van der Waals surface area contributed by atoms with Crippen LogP contribution in [-0.4, -0.2) is 41.6 Å². The molecule has 0 saturated carbocycles. The molecule has 1 aliphatic heterocycles. The maximum absolute atomic E-state index is 13.6. The van der Waals surface area contributed by atoms with Gasteiger partial charge in [-0.05, 0) is 43.7 Å². The molecule has 1 atom stereocenters. The number of halogens is 2. The van der Waals surface area contributed by atoms with Crippen molar-refractivity contribution in [2.45, 2.75) is 24.3 Å². The van der Waals surface area contributed by atoms with E-state index in [4.69, 9.17) is 0 Å². The zero-order valence-electron chi connectivity index (χ0n) is 16.5. The number of benzene rings is 2. The molecule has 0 spiro atoms. The van der Waals surface area contributed by atoms with Crippen LogP contribution in [0.4, 0.5) is 13.6 Å². The molecule has 0 bridgehead atoms. The lowest BCUT2D eigenvalue weighted by Gasteiger charge is -2.22. The smallest absolute Gasteiger partial charge is 0.325 e. The summed E-state index contributed by atoms with van der Waals surface area (Å²) in [5.74, 6) is -2.75.